The molecule has 1 amide bonds. The summed E-state index contributed by atoms with van der Waals surface area (Å²) in [6.07, 6.45) is 3.61. The van der Waals surface area contributed by atoms with Crippen LogP contribution in [0.5, 0.6) is 5.75 Å². The largest absolute Gasteiger partial charge is 0.490 e. The average Bonchev–Trinajstić information content (AvgIpc) is 3.42. The number of benzene rings is 1. The van der Waals surface area contributed by atoms with Crippen molar-refractivity contribution in [3.63, 3.8) is 0 Å². The van der Waals surface area contributed by atoms with Gasteiger partial charge >= 0.3 is 11.8 Å². The molecule has 0 bridgehead atoms. The molecular formula is C21H28N6O5. The number of hydrogen-bond donors (Lipinski definition) is 1. The minimum Gasteiger partial charge on any atom is -0.490 e. The predicted octanol–water partition coefficient (Wildman–Crippen LogP) is 2.13. The van der Waals surface area contributed by atoms with E-state index in [-0.39, 0.29) is 11.4 Å². The highest BCUT2D eigenvalue weighted by Crippen LogP contribution is 2.40. The lowest BCUT2D eigenvalue weighted by molar-refractivity contribution is -0.385. The maximum Gasteiger partial charge on any atom is 0.407 e. The molecule has 11 heteroatoms. The van der Waals surface area contributed by atoms with Gasteiger partial charge in [0.05, 0.1) is 18.2 Å². The number of likely N-dealkylation sites (tertiary alicyclic amines) is 1. The number of ether oxygens (including phenoxy) is 1. The molecule has 2 saturated heterocycles. The molecule has 1 aromatic carbocycles. The number of hydrogen-bond acceptors (Lipinski definition) is 7. The van der Waals surface area contributed by atoms with Gasteiger partial charge in [-0.15, -0.1) is 0 Å². The van der Waals surface area contributed by atoms with Crippen molar-refractivity contribution in [2.24, 2.45) is 13.0 Å². The molecule has 32 heavy (non-hydrogen) atoms. The molecule has 2 fully saturated rings. The van der Waals surface area contributed by atoms with Crippen LogP contribution < -0.4 is 9.64 Å². The SMILES string of the molecule is COc1cc(N2CCN(CC3CCN(C(=O)O)C3)CC2)c(-c2cnn(C)c2)cc1[N+](=O)[O-]. The van der Waals surface area contributed by atoms with Crippen LogP contribution in [0.2, 0.25) is 0 Å². The molecule has 3 heterocycles. The molecule has 2 aliphatic heterocycles. The third kappa shape index (κ3) is 4.47. The molecule has 0 aliphatic carbocycles. The van der Waals surface area contributed by atoms with Crippen molar-refractivity contribution in [3.05, 3.63) is 34.6 Å². The first-order valence-electron chi connectivity index (χ1n) is 10.7. The lowest BCUT2D eigenvalue weighted by atomic mass is 10.0. The molecule has 0 spiro atoms. The van der Waals surface area contributed by atoms with E-state index in [9.17, 15) is 14.9 Å². The number of nitrogens with zero attached hydrogens (tertiary/aromatic N) is 6. The summed E-state index contributed by atoms with van der Waals surface area (Å²) >= 11 is 0. The lowest BCUT2D eigenvalue weighted by Gasteiger charge is -2.38. The molecule has 172 valence electrons. The molecule has 1 atom stereocenters. The minimum atomic E-state index is -0.840. The summed E-state index contributed by atoms with van der Waals surface area (Å²) in [6, 6.07) is 3.31. The van der Waals surface area contributed by atoms with Crippen LogP contribution in [0.1, 0.15) is 6.42 Å². The standard InChI is InChI=1S/C21H28N6O5/c1-23-14-16(11-22-23)17-9-19(27(30)31)20(32-2)10-18(17)25-7-5-24(6-8-25)12-15-3-4-26(13-15)21(28)29/h9-11,14-15H,3-8,12-13H2,1-2H3,(H,28,29). The van der Waals surface area contributed by atoms with Crippen LogP contribution in [0.4, 0.5) is 16.2 Å². The van der Waals surface area contributed by atoms with E-state index in [1.165, 1.54) is 12.0 Å². The van der Waals surface area contributed by atoms with Crippen LogP contribution in [-0.2, 0) is 7.05 Å². The van der Waals surface area contributed by atoms with E-state index in [1.807, 2.05) is 13.2 Å². The van der Waals surface area contributed by atoms with E-state index in [4.69, 9.17) is 9.84 Å². The first-order valence-corrected chi connectivity index (χ1v) is 10.7. The summed E-state index contributed by atoms with van der Waals surface area (Å²) in [5, 5.41) is 25.0. The topological polar surface area (TPSA) is 117 Å². The molecule has 0 saturated carbocycles. The van der Waals surface area contributed by atoms with Crippen molar-refractivity contribution in [1.82, 2.24) is 19.6 Å². The molecule has 1 N–H and O–H groups in total. The van der Waals surface area contributed by atoms with Crippen LogP contribution in [-0.4, -0.2) is 88.6 Å². The number of carboxylic acid groups (broad SMARTS) is 1. The number of aromatic nitrogens is 2. The zero-order chi connectivity index (χ0) is 22.8. The smallest absolute Gasteiger partial charge is 0.407 e. The molecule has 2 aliphatic rings. The van der Waals surface area contributed by atoms with E-state index < -0.39 is 11.0 Å². The van der Waals surface area contributed by atoms with Gasteiger partial charge < -0.3 is 19.6 Å². The third-order valence-electron chi connectivity index (χ3n) is 6.30. The highest BCUT2D eigenvalue weighted by atomic mass is 16.6. The van der Waals surface area contributed by atoms with Crippen molar-refractivity contribution in [2.75, 3.05) is 57.8 Å². The molecule has 0 radical (unpaired) electrons. The third-order valence-corrected chi connectivity index (χ3v) is 6.30. The number of carbonyl (C=O) groups is 1. The van der Waals surface area contributed by atoms with Crippen molar-refractivity contribution < 1.29 is 19.6 Å². The van der Waals surface area contributed by atoms with E-state index >= 15 is 0 Å². The van der Waals surface area contributed by atoms with Gasteiger partial charge in [0.15, 0.2) is 5.75 Å². The second kappa shape index (κ2) is 9.03. The maximum atomic E-state index is 11.6. The second-order valence-corrected chi connectivity index (χ2v) is 8.37. The zero-order valence-electron chi connectivity index (χ0n) is 18.3. The summed E-state index contributed by atoms with van der Waals surface area (Å²) in [5.41, 5.74) is 2.39. The fraction of sp³-hybridized carbons (Fsp3) is 0.524. The van der Waals surface area contributed by atoms with E-state index in [0.717, 1.165) is 56.0 Å². The van der Waals surface area contributed by atoms with Gasteiger partial charge in [-0.05, 0) is 12.3 Å². The molecule has 11 nitrogen and oxygen atoms in total. The van der Waals surface area contributed by atoms with Gasteiger partial charge in [0.1, 0.15) is 0 Å². The van der Waals surface area contributed by atoms with Crippen LogP contribution >= 0.6 is 0 Å². The summed E-state index contributed by atoms with van der Waals surface area (Å²) in [7, 11) is 3.25. The van der Waals surface area contributed by atoms with Crippen molar-refractivity contribution in [3.8, 4) is 16.9 Å². The Morgan fingerprint density at radius 3 is 2.59 bits per heavy atom. The highest BCUT2D eigenvalue weighted by molar-refractivity contribution is 5.82. The van der Waals surface area contributed by atoms with Gasteiger partial charge in [0, 0.05) is 88.0 Å². The predicted molar refractivity (Wildman–Crippen MR) is 118 cm³/mol. The lowest BCUT2D eigenvalue weighted by Crippen LogP contribution is -2.48. The van der Waals surface area contributed by atoms with Crippen molar-refractivity contribution in [1.29, 1.82) is 0 Å². The number of nitro groups is 1. The fourth-order valence-electron chi connectivity index (χ4n) is 4.61. The Morgan fingerprint density at radius 1 is 1.28 bits per heavy atom. The van der Waals surface area contributed by atoms with Gasteiger partial charge in [-0.1, -0.05) is 0 Å². The van der Waals surface area contributed by atoms with Crippen LogP contribution in [0.25, 0.3) is 11.1 Å². The molecule has 2 aromatic rings. The Labute approximate surface area is 185 Å². The Hall–Kier alpha value is -3.34. The molecule has 1 unspecified atom stereocenters. The first-order chi connectivity index (χ1) is 15.4. The highest BCUT2D eigenvalue weighted by Gasteiger charge is 2.30. The van der Waals surface area contributed by atoms with E-state index in [1.54, 1.807) is 23.0 Å². The quantitative estimate of drug-likeness (QED) is 0.532. The Kier molecular flexibility index (Phi) is 6.17. The van der Waals surface area contributed by atoms with Gasteiger partial charge in [-0.2, -0.15) is 5.10 Å². The van der Waals surface area contributed by atoms with Crippen LogP contribution in [0.3, 0.4) is 0 Å². The maximum absolute atomic E-state index is 11.6. The van der Waals surface area contributed by atoms with Crippen LogP contribution in [0, 0.1) is 16.0 Å². The van der Waals surface area contributed by atoms with E-state index in [2.05, 4.69) is 14.9 Å². The zero-order valence-corrected chi connectivity index (χ0v) is 18.3. The summed E-state index contributed by atoms with van der Waals surface area (Å²) < 4.78 is 7.00. The second-order valence-electron chi connectivity index (χ2n) is 8.37. The molecular weight excluding hydrogens is 416 g/mol. The van der Waals surface area contributed by atoms with E-state index in [0.29, 0.717) is 19.0 Å². The number of piperazine rings is 1. The minimum absolute atomic E-state index is 0.0713. The van der Waals surface area contributed by atoms with Crippen molar-refractivity contribution in [2.45, 2.75) is 6.42 Å². The Balaban J connectivity index is 1.51. The summed E-state index contributed by atoms with van der Waals surface area (Å²) in [5.74, 6) is 0.600. The number of rotatable bonds is 6. The summed E-state index contributed by atoms with van der Waals surface area (Å²) in [6.45, 7) is 5.31. The monoisotopic (exact) mass is 444 g/mol. The number of amides is 1. The van der Waals surface area contributed by atoms with Crippen LogP contribution in [0.15, 0.2) is 24.5 Å². The Bertz CT molecular complexity index is 1000. The number of anilines is 1. The normalized spacial score (nSPS) is 19.4. The van der Waals surface area contributed by atoms with Gasteiger partial charge in [-0.25, -0.2) is 4.79 Å². The molecule has 4 rings (SSSR count). The number of nitro benzene ring substituents is 1. The summed E-state index contributed by atoms with van der Waals surface area (Å²) in [4.78, 5) is 28.4. The first kappa shape index (κ1) is 21.9. The Morgan fingerprint density at radius 2 is 2.03 bits per heavy atom. The van der Waals surface area contributed by atoms with Gasteiger partial charge in [-0.3, -0.25) is 19.7 Å². The fourth-order valence-corrected chi connectivity index (χ4v) is 4.61. The van der Waals surface area contributed by atoms with Crippen molar-refractivity contribution >= 4 is 17.5 Å². The number of aryl methyl sites for hydroxylation is 1. The molecule has 1 aromatic heterocycles. The number of methoxy groups -OCH3 is 1. The van der Waals surface area contributed by atoms with Gasteiger partial charge in [0.25, 0.3) is 0 Å². The average molecular weight is 444 g/mol. The van der Waals surface area contributed by atoms with Gasteiger partial charge in [0.2, 0.25) is 0 Å².